The lowest BCUT2D eigenvalue weighted by molar-refractivity contribution is -0.384. The van der Waals surface area contributed by atoms with Gasteiger partial charge >= 0.3 is 0 Å². The van der Waals surface area contributed by atoms with E-state index in [0.29, 0.717) is 24.5 Å². The third-order valence-corrected chi connectivity index (χ3v) is 3.75. The van der Waals surface area contributed by atoms with E-state index in [2.05, 4.69) is 0 Å². The van der Waals surface area contributed by atoms with E-state index in [-0.39, 0.29) is 17.5 Å². The molecule has 0 spiro atoms. The van der Waals surface area contributed by atoms with Crippen LogP contribution in [0.5, 0.6) is 0 Å². The van der Waals surface area contributed by atoms with E-state index in [1.165, 1.54) is 11.0 Å². The van der Waals surface area contributed by atoms with Gasteiger partial charge in [-0.05, 0) is 30.9 Å². The van der Waals surface area contributed by atoms with Crippen LogP contribution in [-0.4, -0.2) is 23.3 Å². The minimum atomic E-state index is -0.434. The number of rotatable bonds is 3. The number of alkyl halides is 1. The Hall–Kier alpha value is -1.62. The summed E-state index contributed by atoms with van der Waals surface area (Å²) in [5, 5.41) is 11.2. The zero-order chi connectivity index (χ0) is 14.2. The second-order valence-electron chi connectivity index (χ2n) is 4.94. The first-order valence-electron chi connectivity index (χ1n) is 6.06. The van der Waals surface area contributed by atoms with Gasteiger partial charge in [0.25, 0.3) is 5.69 Å². The molecule has 1 aliphatic rings. The number of benzene rings is 1. The van der Waals surface area contributed by atoms with Crippen molar-refractivity contribution < 1.29 is 9.72 Å². The summed E-state index contributed by atoms with van der Waals surface area (Å²) in [6, 6.07) is 3.35. The van der Waals surface area contributed by atoms with Crippen LogP contribution in [0.1, 0.15) is 17.5 Å². The molecule has 6 heteroatoms. The van der Waals surface area contributed by atoms with Gasteiger partial charge in [-0.2, -0.15) is 0 Å². The van der Waals surface area contributed by atoms with Gasteiger partial charge in [-0.25, -0.2) is 0 Å². The van der Waals surface area contributed by atoms with Crippen LogP contribution in [0.2, 0.25) is 0 Å². The Morgan fingerprint density at radius 2 is 2.16 bits per heavy atom. The van der Waals surface area contributed by atoms with Crippen LogP contribution in [0, 0.1) is 29.9 Å². The highest BCUT2D eigenvalue weighted by Gasteiger charge is 2.34. The SMILES string of the molecule is Cc1cc(C)c(N2CC(CCl)CC2=O)c([N+](=O)[O-])c1. The van der Waals surface area contributed by atoms with E-state index in [9.17, 15) is 14.9 Å². The molecule has 0 aromatic heterocycles. The molecule has 1 fully saturated rings. The van der Waals surface area contributed by atoms with E-state index in [0.717, 1.165) is 11.1 Å². The summed E-state index contributed by atoms with van der Waals surface area (Å²) in [7, 11) is 0. The normalized spacial score (nSPS) is 19.0. The van der Waals surface area contributed by atoms with Crippen molar-refractivity contribution in [2.75, 3.05) is 17.3 Å². The van der Waals surface area contributed by atoms with Crippen LogP contribution in [0.15, 0.2) is 12.1 Å². The predicted octanol–water partition coefficient (Wildman–Crippen LogP) is 2.80. The standard InChI is InChI=1S/C13H15ClN2O3/c1-8-3-9(2)13(11(4-8)16(18)19)15-7-10(6-14)5-12(15)17/h3-4,10H,5-7H2,1-2H3. The van der Waals surface area contributed by atoms with Gasteiger partial charge in [0.1, 0.15) is 5.69 Å². The molecule has 102 valence electrons. The average molecular weight is 283 g/mol. The smallest absolute Gasteiger partial charge is 0.293 e. The zero-order valence-electron chi connectivity index (χ0n) is 10.9. The van der Waals surface area contributed by atoms with Gasteiger partial charge in [0.05, 0.1) is 4.92 Å². The summed E-state index contributed by atoms with van der Waals surface area (Å²) in [5.41, 5.74) is 1.96. The fourth-order valence-corrected chi connectivity index (χ4v) is 2.74. The molecule has 1 aliphatic heterocycles. The van der Waals surface area contributed by atoms with E-state index < -0.39 is 4.92 Å². The maximum absolute atomic E-state index is 12.0. The predicted molar refractivity (Wildman–Crippen MR) is 73.8 cm³/mol. The monoisotopic (exact) mass is 282 g/mol. The van der Waals surface area contributed by atoms with Crippen LogP contribution in [0.4, 0.5) is 11.4 Å². The van der Waals surface area contributed by atoms with E-state index in [1.807, 2.05) is 6.07 Å². The summed E-state index contributed by atoms with van der Waals surface area (Å²) in [6.45, 7) is 4.04. The molecular weight excluding hydrogens is 268 g/mol. The quantitative estimate of drug-likeness (QED) is 0.486. The van der Waals surface area contributed by atoms with E-state index in [4.69, 9.17) is 11.6 Å². The van der Waals surface area contributed by atoms with Crippen LogP contribution >= 0.6 is 11.6 Å². The third kappa shape index (κ3) is 2.56. The second-order valence-corrected chi connectivity index (χ2v) is 5.24. The van der Waals surface area contributed by atoms with Crippen molar-refractivity contribution in [3.05, 3.63) is 33.4 Å². The first kappa shape index (κ1) is 13.8. The highest BCUT2D eigenvalue weighted by atomic mass is 35.5. The van der Waals surface area contributed by atoms with Crippen LogP contribution in [-0.2, 0) is 4.79 Å². The Morgan fingerprint density at radius 1 is 1.47 bits per heavy atom. The number of aryl methyl sites for hydroxylation is 2. The number of anilines is 1. The molecule has 0 saturated carbocycles. The molecule has 1 atom stereocenters. The third-order valence-electron chi connectivity index (χ3n) is 3.31. The molecule has 19 heavy (non-hydrogen) atoms. The number of carbonyl (C=O) groups excluding carboxylic acids is 1. The highest BCUT2D eigenvalue weighted by molar-refractivity contribution is 6.18. The van der Waals surface area contributed by atoms with Crippen molar-refractivity contribution in [2.24, 2.45) is 5.92 Å². The number of halogens is 1. The number of nitrogens with zero attached hydrogens (tertiary/aromatic N) is 2. The molecule has 1 saturated heterocycles. The van der Waals surface area contributed by atoms with Crippen molar-refractivity contribution >= 4 is 28.9 Å². The van der Waals surface area contributed by atoms with E-state index in [1.54, 1.807) is 13.8 Å². The largest absolute Gasteiger partial charge is 0.306 e. The lowest BCUT2D eigenvalue weighted by Crippen LogP contribution is -2.26. The minimum Gasteiger partial charge on any atom is -0.306 e. The Morgan fingerprint density at radius 3 is 2.68 bits per heavy atom. The molecule has 0 N–H and O–H groups in total. The fourth-order valence-electron chi connectivity index (χ4n) is 2.53. The summed E-state index contributed by atoms with van der Waals surface area (Å²) >= 11 is 5.78. The zero-order valence-corrected chi connectivity index (χ0v) is 11.6. The minimum absolute atomic E-state index is 0.0129. The van der Waals surface area contributed by atoms with Crippen molar-refractivity contribution in [3.8, 4) is 0 Å². The van der Waals surface area contributed by atoms with Gasteiger partial charge in [-0.1, -0.05) is 6.07 Å². The van der Waals surface area contributed by atoms with Gasteiger partial charge in [0, 0.05) is 24.9 Å². The average Bonchev–Trinajstić information content (AvgIpc) is 2.69. The van der Waals surface area contributed by atoms with Crippen LogP contribution < -0.4 is 4.90 Å². The first-order chi connectivity index (χ1) is 8.93. The maximum Gasteiger partial charge on any atom is 0.293 e. The fraction of sp³-hybridized carbons (Fsp3) is 0.462. The number of nitro benzene ring substituents is 1. The first-order valence-corrected chi connectivity index (χ1v) is 6.59. The van der Waals surface area contributed by atoms with Gasteiger partial charge in [0.2, 0.25) is 5.91 Å². The van der Waals surface area contributed by atoms with Crippen molar-refractivity contribution in [2.45, 2.75) is 20.3 Å². The lowest BCUT2D eigenvalue weighted by Gasteiger charge is -2.19. The summed E-state index contributed by atoms with van der Waals surface area (Å²) in [5.74, 6) is 0.358. The van der Waals surface area contributed by atoms with Gasteiger partial charge < -0.3 is 4.90 Å². The number of carbonyl (C=O) groups is 1. The molecular formula is C13H15ClN2O3. The lowest BCUT2D eigenvalue weighted by atomic mass is 10.1. The molecule has 5 nitrogen and oxygen atoms in total. The molecule has 1 aromatic rings. The Balaban J connectivity index is 2.50. The van der Waals surface area contributed by atoms with Crippen molar-refractivity contribution in [1.29, 1.82) is 0 Å². The topological polar surface area (TPSA) is 63.5 Å². The molecule has 0 aliphatic carbocycles. The van der Waals surface area contributed by atoms with Crippen LogP contribution in [0.3, 0.4) is 0 Å². The Bertz CT molecular complexity index is 545. The Kier molecular flexibility index (Phi) is 3.75. The summed E-state index contributed by atoms with van der Waals surface area (Å²) in [4.78, 5) is 24.2. The van der Waals surface area contributed by atoms with Crippen LogP contribution in [0.25, 0.3) is 0 Å². The molecule has 1 amide bonds. The summed E-state index contributed by atoms with van der Waals surface area (Å²) < 4.78 is 0. The highest BCUT2D eigenvalue weighted by Crippen LogP contribution is 2.36. The van der Waals surface area contributed by atoms with Gasteiger partial charge in [-0.3, -0.25) is 14.9 Å². The number of amides is 1. The molecule has 1 aromatic carbocycles. The van der Waals surface area contributed by atoms with E-state index >= 15 is 0 Å². The number of hydrogen-bond donors (Lipinski definition) is 0. The molecule has 1 unspecified atom stereocenters. The molecule has 2 rings (SSSR count). The van der Waals surface area contributed by atoms with Crippen molar-refractivity contribution in [1.82, 2.24) is 0 Å². The second kappa shape index (κ2) is 5.17. The molecule has 0 radical (unpaired) electrons. The van der Waals surface area contributed by atoms with Gasteiger partial charge in [-0.15, -0.1) is 11.6 Å². The summed E-state index contributed by atoms with van der Waals surface area (Å²) in [6.07, 6.45) is 0.355. The molecule has 1 heterocycles. The van der Waals surface area contributed by atoms with Gasteiger partial charge in [0.15, 0.2) is 0 Å². The number of hydrogen-bond acceptors (Lipinski definition) is 3. The molecule has 0 bridgehead atoms. The van der Waals surface area contributed by atoms with Crippen molar-refractivity contribution in [3.63, 3.8) is 0 Å². The number of nitro groups is 1. The maximum atomic E-state index is 12.0. The Labute approximate surface area is 116 Å².